The molecule has 0 atom stereocenters. The van der Waals surface area contributed by atoms with Gasteiger partial charge in [-0.05, 0) is 44.9 Å². The molecule has 0 N–H and O–H groups in total. The summed E-state index contributed by atoms with van der Waals surface area (Å²) < 4.78 is 5.47. The molecule has 80 valence electrons. The van der Waals surface area contributed by atoms with Crippen LogP contribution >= 0.6 is 0 Å². The van der Waals surface area contributed by atoms with E-state index in [2.05, 4.69) is 24.3 Å². The molecule has 0 aromatic rings. The maximum Gasteiger partial charge on any atom is 0.0647 e. The largest absolute Gasteiger partial charge is 0.377 e. The Kier molecular flexibility index (Phi) is 7.41. The normalized spacial score (nSPS) is 26.3. The lowest BCUT2D eigenvalue weighted by Crippen LogP contribution is -1.94. The van der Waals surface area contributed by atoms with Gasteiger partial charge in [-0.2, -0.15) is 0 Å². The van der Waals surface area contributed by atoms with E-state index in [1.807, 2.05) is 0 Å². The Hall–Kier alpha value is -0.560. The van der Waals surface area contributed by atoms with Crippen molar-refractivity contribution in [1.82, 2.24) is 0 Å². The lowest BCUT2D eigenvalue weighted by molar-refractivity contribution is 0.158. The molecule has 0 aromatic heterocycles. The molecule has 0 fully saturated rings. The summed E-state index contributed by atoms with van der Waals surface area (Å²) in [5.74, 6) is 0. The average molecular weight is 194 g/mol. The van der Waals surface area contributed by atoms with Crippen molar-refractivity contribution in [3.63, 3.8) is 0 Å². The van der Waals surface area contributed by atoms with Crippen LogP contribution in [0.4, 0.5) is 0 Å². The zero-order valence-electron chi connectivity index (χ0n) is 9.08. The second kappa shape index (κ2) is 9.01. The van der Waals surface area contributed by atoms with Crippen molar-refractivity contribution in [3.05, 3.63) is 24.3 Å². The standard InChI is InChI=1S/C13H22O/c1-2-4-6-8-10-12-14-13-11-9-7-5-3-1/h2,4,9,11H,1,3,5-8,10,12-13H2/b4-2-,11-9+. The van der Waals surface area contributed by atoms with Crippen molar-refractivity contribution < 1.29 is 4.74 Å². The molecule has 0 spiro atoms. The minimum absolute atomic E-state index is 0.801. The molecule has 0 saturated carbocycles. The monoisotopic (exact) mass is 194 g/mol. The number of hydrogen-bond donors (Lipinski definition) is 0. The first-order chi connectivity index (χ1) is 7.00. The maximum atomic E-state index is 5.47. The quantitative estimate of drug-likeness (QED) is 0.532. The summed E-state index contributed by atoms with van der Waals surface area (Å²) >= 11 is 0. The first-order valence-electron chi connectivity index (χ1n) is 5.88. The van der Waals surface area contributed by atoms with Crippen LogP contribution in [0.2, 0.25) is 0 Å². The van der Waals surface area contributed by atoms with Gasteiger partial charge in [0.25, 0.3) is 0 Å². The zero-order chi connectivity index (χ0) is 9.90. The Labute approximate surface area is 87.8 Å². The van der Waals surface area contributed by atoms with E-state index in [-0.39, 0.29) is 0 Å². The molecular weight excluding hydrogens is 172 g/mol. The second-order valence-corrected chi connectivity index (χ2v) is 3.80. The summed E-state index contributed by atoms with van der Waals surface area (Å²) in [6, 6.07) is 0. The highest BCUT2D eigenvalue weighted by atomic mass is 16.5. The summed E-state index contributed by atoms with van der Waals surface area (Å²) in [7, 11) is 0. The molecule has 1 aliphatic heterocycles. The molecule has 0 aromatic carbocycles. The molecule has 1 rings (SSSR count). The molecule has 0 aliphatic carbocycles. The molecule has 0 unspecified atom stereocenters. The van der Waals surface area contributed by atoms with E-state index in [0.29, 0.717) is 0 Å². The minimum atomic E-state index is 0.801. The van der Waals surface area contributed by atoms with Crippen LogP contribution in [-0.4, -0.2) is 13.2 Å². The molecule has 1 aliphatic rings. The van der Waals surface area contributed by atoms with Gasteiger partial charge in [-0.3, -0.25) is 0 Å². The van der Waals surface area contributed by atoms with Gasteiger partial charge in [-0.25, -0.2) is 0 Å². The zero-order valence-corrected chi connectivity index (χ0v) is 9.08. The molecule has 0 radical (unpaired) electrons. The van der Waals surface area contributed by atoms with Gasteiger partial charge in [0.2, 0.25) is 0 Å². The Morgan fingerprint density at radius 3 is 1.93 bits per heavy atom. The Morgan fingerprint density at radius 2 is 1.21 bits per heavy atom. The van der Waals surface area contributed by atoms with Gasteiger partial charge in [0, 0.05) is 6.61 Å². The van der Waals surface area contributed by atoms with Crippen molar-refractivity contribution >= 4 is 0 Å². The molecule has 0 saturated heterocycles. The number of ether oxygens (including phenoxy) is 1. The van der Waals surface area contributed by atoms with Crippen molar-refractivity contribution in [3.8, 4) is 0 Å². The number of rotatable bonds is 0. The topological polar surface area (TPSA) is 9.23 Å². The first kappa shape index (κ1) is 11.5. The molecule has 1 heterocycles. The van der Waals surface area contributed by atoms with Gasteiger partial charge >= 0.3 is 0 Å². The summed E-state index contributed by atoms with van der Waals surface area (Å²) in [6.45, 7) is 1.72. The van der Waals surface area contributed by atoms with Crippen molar-refractivity contribution in [2.75, 3.05) is 13.2 Å². The van der Waals surface area contributed by atoms with E-state index < -0.39 is 0 Å². The lowest BCUT2D eigenvalue weighted by atomic mass is 10.1. The smallest absolute Gasteiger partial charge is 0.0647 e. The Bertz CT molecular complexity index is 150. The molecular formula is C13H22O. The molecule has 0 bridgehead atoms. The van der Waals surface area contributed by atoms with E-state index in [0.717, 1.165) is 13.2 Å². The first-order valence-corrected chi connectivity index (χ1v) is 5.88. The highest BCUT2D eigenvalue weighted by Crippen LogP contribution is 2.04. The average Bonchev–Trinajstić information content (AvgIpc) is 2.22. The molecule has 14 heavy (non-hydrogen) atoms. The SMILES string of the molecule is C1=C\CCCCOC/C=C/CCCC/1. The van der Waals surface area contributed by atoms with Gasteiger partial charge in [-0.1, -0.05) is 24.3 Å². The van der Waals surface area contributed by atoms with E-state index in [1.165, 1.54) is 44.9 Å². The predicted octanol–water partition coefficient (Wildman–Crippen LogP) is 3.86. The van der Waals surface area contributed by atoms with Gasteiger partial charge in [0.1, 0.15) is 0 Å². The maximum absolute atomic E-state index is 5.47. The Balaban J connectivity index is 2.16. The van der Waals surface area contributed by atoms with Crippen LogP contribution in [0.1, 0.15) is 44.9 Å². The van der Waals surface area contributed by atoms with Crippen LogP contribution < -0.4 is 0 Å². The Morgan fingerprint density at radius 1 is 0.643 bits per heavy atom. The van der Waals surface area contributed by atoms with Crippen LogP contribution in [0.25, 0.3) is 0 Å². The fourth-order valence-electron chi connectivity index (χ4n) is 1.56. The van der Waals surface area contributed by atoms with Crippen LogP contribution in [-0.2, 0) is 4.74 Å². The van der Waals surface area contributed by atoms with Crippen molar-refractivity contribution in [2.24, 2.45) is 0 Å². The highest BCUT2D eigenvalue weighted by Gasteiger charge is 1.89. The van der Waals surface area contributed by atoms with Gasteiger partial charge < -0.3 is 4.74 Å². The van der Waals surface area contributed by atoms with Gasteiger partial charge in [0.05, 0.1) is 6.61 Å². The molecule has 1 heteroatoms. The van der Waals surface area contributed by atoms with Crippen LogP contribution in [0.3, 0.4) is 0 Å². The lowest BCUT2D eigenvalue weighted by Gasteiger charge is -2.01. The van der Waals surface area contributed by atoms with E-state index in [9.17, 15) is 0 Å². The third kappa shape index (κ3) is 6.90. The van der Waals surface area contributed by atoms with Crippen molar-refractivity contribution in [1.29, 1.82) is 0 Å². The number of hydrogen-bond acceptors (Lipinski definition) is 1. The summed E-state index contributed by atoms with van der Waals surface area (Å²) in [4.78, 5) is 0. The number of allylic oxidation sites excluding steroid dienone is 3. The predicted molar refractivity (Wildman–Crippen MR) is 61.4 cm³/mol. The highest BCUT2D eigenvalue weighted by molar-refractivity contribution is 4.84. The second-order valence-electron chi connectivity index (χ2n) is 3.80. The summed E-state index contributed by atoms with van der Waals surface area (Å²) in [6.07, 6.45) is 17.8. The van der Waals surface area contributed by atoms with Crippen LogP contribution in [0.15, 0.2) is 24.3 Å². The van der Waals surface area contributed by atoms with E-state index >= 15 is 0 Å². The van der Waals surface area contributed by atoms with Gasteiger partial charge in [-0.15, -0.1) is 0 Å². The van der Waals surface area contributed by atoms with Crippen molar-refractivity contribution in [2.45, 2.75) is 44.9 Å². The summed E-state index contributed by atoms with van der Waals surface area (Å²) in [5.41, 5.74) is 0. The third-order valence-corrected chi connectivity index (χ3v) is 2.45. The van der Waals surface area contributed by atoms with Crippen LogP contribution in [0, 0.1) is 0 Å². The van der Waals surface area contributed by atoms with Crippen LogP contribution in [0.5, 0.6) is 0 Å². The minimum Gasteiger partial charge on any atom is -0.377 e. The fraction of sp³-hybridized carbons (Fsp3) is 0.692. The molecule has 1 nitrogen and oxygen atoms in total. The molecule has 0 amide bonds. The van der Waals surface area contributed by atoms with Gasteiger partial charge in [0.15, 0.2) is 0 Å². The summed E-state index contributed by atoms with van der Waals surface area (Å²) in [5, 5.41) is 0. The third-order valence-electron chi connectivity index (χ3n) is 2.45. The fourth-order valence-corrected chi connectivity index (χ4v) is 1.56. The van der Waals surface area contributed by atoms with E-state index in [4.69, 9.17) is 4.74 Å². The van der Waals surface area contributed by atoms with E-state index in [1.54, 1.807) is 0 Å².